The SMILES string of the molecule is N#Cc1cccc(-n2c(CCCl)nc3ccc(F)cc32)c1. The molecule has 3 nitrogen and oxygen atoms in total. The molecule has 5 heteroatoms. The number of nitrogens with zero attached hydrogens (tertiary/aromatic N) is 3. The molecule has 3 rings (SSSR count). The van der Waals surface area contributed by atoms with Gasteiger partial charge >= 0.3 is 0 Å². The molecule has 3 aromatic rings. The van der Waals surface area contributed by atoms with E-state index in [1.807, 2.05) is 10.6 Å². The Labute approximate surface area is 126 Å². The van der Waals surface area contributed by atoms with E-state index < -0.39 is 0 Å². The average Bonchev–Trinajstić information content (AvgIpc) is 2.85. The minimum atomic E-state index is -0.322. The lowest BCUT2D eigenvalue weighted by Crippen LogP contribution is -2.02. The summed E-state index contributed by atoms with van der Waals surface area (Å²) in [5, 5.41) is 9.03. The van der Waals surface area contributed by atoms with Crippen LogP contribution in [0.4, 0.5) is 4.39 Å². The van der Waals surface area contributed by atoms with Crippen LogP contribution in [-0.2, 0) is 6.42 Å². The zero-order chi connectivity index (χ0) is 14.8. The zero-order valence-electron chi connectivity index (χ0n) is 11.1. The molecule has 0 amide bonds. The molecule has 1 aromatic heterocycles. The second-order valence-electron chi connectivity index (χ2n) is 4.60. The van der Waals surface area contributed by atoms with Crippen molar-refractivity contribution in [1.29, 1.82) is 5.26 Å². The summed E-state index contributed by atoms with van der Waals surface area (Å²) in [7, 11) is 0. The van der Waals surface area contributed by atoms with E-state index in [1.54, 1.807) is 24.3 Å². The second kappa shape index (κ2) is 5.55. The second-order valence-corrected chi connectivity index (χ2v) is 4.98. The van der Waals surface area contributed by atoms with Gasteiger partial charge in [-0.2, -0.15) is 5.26 Å². The van der Waals surface area contributed by atoms with Gasteiger partial charge < -0.3 is 0 Å². The van der Waals surface area contributed by atoms with Gasteiger partial charge in [0.2, 0.25) is 0 Å². The molecule has 0 spiro atoms. The Balaban J connectivity index is 2.30. The van der Waals surface area contributed by atoms with Gasteiger partial charge in [0.05, 0.1) is 22.7 Å². The molecule has 0 N–H and O–H groups in total. The number of aryl methyl sites for hydroxylation is 1. The smallest absolute Gasteiger partial charge is 0.125 e. The number of rotatable bonds is 3. The van der Waals surface area contributed by atoms with Crippen molar-refractivity contribution < 1.29 is 4.39 Å². The Morgan fingerprint density at radius 1 is 1.24 bits per heavy atom. The minimum Gasteiger partial charge on any atom is -0.296 e. The van der Waals surface area contributed by atoms with E-state index in [0.29, 0.717) is 28.9 Å². The standard InChI is InChI=1S/C16H11ClFN3/c17-7-6-16-20-14-5-4-12(18)9-15(14)21(16)13-3-1-2-11(8-13)10-19/h1-5,8-9H,6-7H2. The number of fused-ring (bicyclic) bond motifs is 1. The van der Waals surface area contributed by atoms with Crippen LogP contribution in [0.5, 0.6) is 0 Å². The molecule has 0 fully saturated rings. The van der Waals surface area contributed by atoms with Crippen LogP contribution >= 0.6 is 11.6 Å². The zero-order valence-corrected chi connectivity index (χ0v) is 11.8. The summed E-state index contributed by atoms with van der Waals surface area (Å²) < 4.78 is 15.4. The maximum Gasteiger partial charge on any atom is 0.125 e. The number of halogens is 2. The van der Waals surface area contributed by atoms with Crippen LogP contribution in [0.15, 0.2) is 42.5 Å². The largest absolute Gasteiger partial charge is 0.296 e. The molecule has 0 radical (unpaired) electrons. The first kappa shape index (κ1) is 13.6. The highest BCUT2D eigenvalue weighted by atomic mass is 35.5. The summed E-state index contributed by atoms with van der Waals surface area (Å²) >= 11 is 5.83. The van der Waals surface area contributed by atoms with Crippen LogP contribution in [-0.4, -0.2) is 15.4 Å². The average molecular weight is 300 g/mol. The van der Waals surface area contributed by atoms with Crippen molar-refractivity contribution in [2.45, 2.75) is 6.42 Å². The van der Waals surface area contributed by atoms with Crippen molar-refractivity contribution >= 4 is 22.6 Å². The molecule has 0 aliphatic heterocycles. The molecular weight excluding hydrogens is 289 g/mol. The van der Waals surface area contributed by atoms with E-state index in [4.69, 9.17) is 16.9 Å². The first-order chi connectivity index (χ1) is 10.2. The van der Waals surface area contributed by atoms with Crippen molar-refractivity contribution in [3.05, 3.63) is 59.7 Å². The lowest BCUT2D eigenvalue weighted by molar-refractivity contribution is 0.629. The molecular formula is C16H11ClFN3. The minimum absolute atomic E-state index is 0.322. The van der Waals surface area contributed by atoms with Gasteiger partial charge in [0, 0.05) is 24.1 Å². The number of benzene rings is 2. The third-order valence-electron chi connectivity index (χ3n) is 3.24. The highest BCUT2D eigenvalue weighted by molar-refractivity contribution is 6.17. The number of alkyl halides is 1. The first-order valence-corrected chi connectivity index (χ1v) is 7.00. The lowest BCUT2D eigenvalue weighted by atomic mass is 10.2. The predicted octanol–water partition coefficient (Wildman–Crippen LogP) is 3.82. The van der Waals surface area contributed by atoms with Crippen LogP contribution < -0.4 is 0 Å². The van der Waals surface area contributed by atoms with E-state index in [1.165, 1.54) is 12.1 Å². The summed E-state index contributed by atoms with van der Waals surface area (Å²) in [4.78, 5) is 4.50. The fraction of sp³-hybridized carbons (Fsp3) is 0.125. The quantitative estimate of drug-likeness (QED) is 0.690. The van der Waals surface area contributed by atoms with E-state index in [0.717, 1.165) is 11.5 Å². The highest BCUT2D eigenvalue weighted by Crippen LogP contribution is 2.23. The van der Waals surface area contributed by atoms with Gasteiger partial charge in [-0.3, -0.25) is 4.57 Å². The van der Waals surface area contributed by atoms with Crippen LogP contribution in [0.3, 0.4) is 0 Å². The summed E-state index contributed by atoms with van der Waals surface area (Å²) in [6.45, 7) is 0. The molecule has 0 aliphatic rings. The molecule has 0 bridgehead atoms. The summed E-state index contributed by atoms with van der Waals surface area (Å²) in [6.07, 6.45) is 0.564. The van der Waals surface area contributed by atoms with Gasteiger partial charge in [-0.05, 0) is 30.3 Å². The van der Waals surface area contributed by atoms with Gasteiger partial charge in [0.15, 0.2) is 0 Å². The van der Waals surface area contributed by atoms with Gasteiger partial charge in [0.25, 0.3) is 0 Å². The van der Waals surface area contributed by atoms with Crippen LogP contribution in [0.25, 0.3) is 16.7 Å². The fourth-order valence-corrected chi connectivity index (χ4v) is 2.52. The Morgan fingerprint density at radius 3 is 2.86 bits per heavy atom. The Bertz CT molecular complexity index is 848. The van der Waals surface area contributed by atoms with E-state index in [2.05, 4.69) is 11.1 Å². The number of nitriles is 1. The number of imidazole rings is 1. The third kappa shape index (κ3) is 2.48. The third-order valence-corrected chi connectivity index (χ3v) is 3.43. The van der Waals surface area contributed by atoms with Gasteiger partial charge in [-0.15, -0.1) is 11.6 Å². The first-order valence-electron chi connectivity index (χ1n) is 6.46. The van der Waals surface area contributed by atoms with Crippen molar-refractivity contribution in [2.75, 3.05) is 5.88 Å². The molecule has 0 unspecified atom stereocenters. The summed E-state index contributed by atoms with van der Waals surface area (Å²) in [5.41, 5.74) is 2.70. The van der Waals surface area contributed by atoms with Crippen LogP contribution in [0.2, 0.25) is 0 Å². The molecule has 2 aromatic carbocycles. The molecule has 104 valence electrons. The maximum atomic E-state index is 13.6. The Kier molecular flexibility index (Phi) is 3.59. The summed E-state index contributed by atoms with van der Waals surface area (Å²) in [6, 6.07) is 13.7. The Hall–Kier alpha value is -2.38. The molecule has 0 aliphatic carbocycles. The lowest BCUT2D eigenvalue weighted by Gasteiger charge is -2.09. The van der Waals surface area contributed by atoms with E-state index >= 15 is 0 Å². The monoisotopic (exact) mass is 299 g/mol. The van der Waals surface area contributed by atoms with Crippen LogP contribution in [0.1, 0.15) is 11.4 Å². The number of hydrogen-bond donors (Lipinski definition) is 0. The van der Waals surface area contributed by atoms with Crippen molar-refractivity contribution in [3.8, 4) is 11.8 Å². The molecule has 21 heavy (non-hydrogen) atoms. The molecule has 0 saturated carbocycles. The maximum absolute atomic E-state index is 13.6. The van der Waals surface area contributed by atoms with Gasteiger partial charge in [-0.1, -0.05) is 6.07 Å². The normalized spacial score (nSPS) is 10.7. The van der Waals surface area contributed by atoms with Crippen molar-refractivity contribution in [2.24, 2.45) is 0 Å². The molecule has 0 saturated heterocycles. The number of aromatic nitrogens is 2. The van der Waals surface area contributed by atoms with E-state index in [9.17, 15) is 4.39 Å². The molecule has 1 heterocycles. The molecule has 0 atom stereocenters. The fourth-order valence-electron chi connectivity index (χ4n) is 2.35. The van der Waals surface area contributed by atoms with Crippen molar-refractivity contribution in [3.63, 3.8) is 0 Å². The number of hydrogen-bond acceptors (Lipinski definition) is 2. The van der Waals surface area contributed by atoms with Crippen LogP contribution in [0, 0.1) is 17.1 Å². The van der Waals surface area contributed by atoms with E-state index in [-0.39, 0.29) is 5.82 Å². The predicted molar refractivity (Wildman–Crippen MR) is 80.2 cm³/mol. The topological polar surface area (TPSA) is 41.6 Å². The van der Waals surface area contributed by atoms with Gasteiger partial charge in [-0.25, -0.2) is 9.37 Å². The van der Waals surface area contributed by atoms with Crippen molar-refractivity contribution in [1.82, 2.24) is 9.55 Å². The Morgan fingerprint density at radius 2 is 2.10 bits per heavy atom. The van der Waals surface area contributed by atoms with Gasteiger partial charge in [0.1, 0.15) is 11.6 Å². The summed E-state index contributed by atoms with van der Waals surface area (Å²) in [5.74, 6) is 0.849. The highest BCUT2D eigenvalue weighted by Gasteiger charge is 2.13.